The highest BCUT2D eigenvalue weighted by Crippen LogP contribution is 2.57. The minimum absolute atomic E-state index is 0.0492. The summed E-state index contributed by atoms with van der Waals surface area (Å²) in [5, 5.41) is 24.7. The number of nitriles is 1. The second-order valence-electron chi connectivity index (χ2n) is 14.8. The third kappa shape index (κ3) is 4.37. The molecular weight excluding hydrogens is 550 g/mol. The second kappa shape index (κ2) is 9.78. The Morgan fingerprint density at radius 1 is 1.12 bits per heavy atom. The number of hydrogen-bond acceptors (Lipinski definition) is 10. The maximum Gasteiger partial charge on any atom is 0.238 e. The van der Waals surface area contributed by atoms with Crippen LogP contribution in [0, 0.1) is 28.6 Å². The summed E-state index contributed by atoms with van der Waals surface area (Å²) >= 11 is 0. The molecule has 0 aliphatic heterocycles. The van der Waals surface area contributed by atoms with E-state index in [-0.39, 0.29) is 17.7 Å². The first kappa shape index (κ1) is 32.5. The number of Topliss-reactive ketones (excluding diaryl/α,β-unsaturated/α-hetero) is 4. The van der Waals surface area contributed by atoms with Crippen molar-refractivity contribution >= 4 is 29.0 Å². The average Bonchev–Trinajstić information content (AvgIpc) is 2.81. The first-order valence-electron chi connectivity index (χ1n) is 14.6. The van der Waals surface area contributed by atoms with Crippen LogP contribution in [0.15, 0.2) is 6.07 Å². The summed E-state index contributed by atoms with van der Waals surface area (Å²) in [5.41, 5.74) is 7.67. The molecule has 1 amide bonds. The SMILES string of the molecule is CCc1cc(C(C)(C)C)c(O)c2c1C[C@@]1(N)C[C@@]3(N)[C@H](N(C)C)C(=O)C(C(=O)NC(C)(C)C)C(=O)[C@@]3(C#N)C(=O)C1C2=O. The van der Waals surface area contributed by atoms with Crippen molar-refractivity contribution < 1.29 is 29.1 Å². The molecular formula is C32H43N5O6. The number of ketones is 4. The summed E-state index contributed by atoms with van der Waals surface area (Å²) in [5.74, 6) is -8.98. The van der Waals surface area contributed by atoms with Crippen molar-refractivity contribution in [2.45, 2.75) is 95.8 Å². The van der Waals surface area contributed by atoms with Crippen LogP contribution >= 0.6 is 0 Å². The highest BCUT2D eigenvalue weighted by molar-refractivity contribution is 6.33. The quantitative estimate of drug-likeness (QED) is 0.368. The van der Waals surface area contributed by atoms with Crippen LogP contribution in [0.1, 0.15) is 81.9 Å². The van der Waals surface area contributed by atoms with Crippen LogP contribution < -0.4 is 16.8 Å². The smallest absolute Gasteiger partial charge is 0.238 e. The molecule has 4 rings (SSSR count). The number of nitrogens with zero attached hydrogens (tertiary/aromatic N) is 2. The Morgan fingerprint density at radius 3 is 2.16 bits per heavy atom. The lowest BCUT2D eigenvalue weighted by Crippen LogP contribution is -2.85. The van der Waals surface area contributed by atoms with E-state index in [1.54, 1.807) is 20.8 Å². The number of nitrogens with two attached hydrogens (primary N) is 2. The topological polar surface area (TPSA) is 197 Å². The molecule has 0 radical (unpaired) electrons. The van der Waals surface area contributed by atoms with E-state index in [9.17, 15) is 34.3 Å². The molecule has 0 heterocycles. The predicted octanol–water partition coefficient (Wildman–Crippen LogP) is 1.10. The van der Waals surface area contributed by atoms with Crippen LogP contribution in [0.25, 0.3) is 0 Å². The van der Waals surface area contributed by atoms with Gasteiger partial charge in [-0.25, -0.2) is 0 Å². The highest BCUT2D eigenvalue weighted by Gasteiger charge is 2.78. The van der Waals surface area contributed by atoms with Crippen LogP contribution in [-0.2, 0) is 37.4 Å². The zero-order chi connectivity index (χ0) is 32.8. The molecule has 2 unspecified atom stereocenters. The zero-order valence-electron chi connectivity index (χ0n) is 26.5. The van der Waals surface area contributed by atoms with Gasteiger partial charge < -0.3 is 21.9 Å². The molecule has 3 aliphatic carbocycles. The third-order valence-corrected chi connectivity index (χ3v) is 9.35. The number of likely N-dealkylation sites (N-methyl/N-ethyl adjacent to an activating group) is 1. The lowest BCUT2D eigenvalue weighted by Gasteiger charge is -2.61. The third-order valence-electron chi connectivity index (χ3n) is 9.35. The molecule has 3 aliphatic rings. The molecule has 6 N–H and O–H groups in total. The van der Waals surface area contributed by atoms with E-state index < -0.39 is 80.8 Å². The minimum Gasteiger partial charge on any atom is -0.507 e. The van der Waals surface area contributed by atoms with Gasteiger partial charge in [0.05, 0.1) is 23.2 Å². The van der Waals surface area contributed by atoms with E-state index in [1.165, 1.54) is 19.0 Å². The van der Waals surface area contributed by atoms with Gasteiger partial charge in [-0.3, -0.25) is 28.9 Å². The molecule has 11 nitrogen and oxygen atoms in total. The van der Waals surface area contributed by atoms with Gasteiger partial charge in [-0.1, -0.05) is 33.8 Å². The molecule has 43 heavy (non-hydrogen) atoms. The van der Waals surface area contributed by atoms with Crippen molar-refractivity contribution in [1.29, 1.82) is 5.26 Å². The number of hydrogen-bond donors (Lipinski definition) is 4. The Bertz CT molecular complexity index is 1510. The van der Waals surface area contributed by atoms with Crippen LogP contribution in [-0.4, -0.2) is 75.8 Å². The van der Waals surface area contributed by atoms with Crippen LogP contribution in [0.2, 0.25) is 0 Å². The molecule has 0 bridgehead atoms. The number of amides is 1. The van der Waals surface area contributed by atoms with Gasteiger partial charge in [-0.05, 0) is 70.7 Å². The first-order valence-corrected chi connectivity index (χ1v) is 14.6. The molecule has 1 aromatic carbocycles. The fraction of sp³-hybridized carbons (Fsp3) is 0.625. The van der Waals surface area contributed by atoms with Crippen LogP contribution in [0.4, 0.5) is 0 Å². The van der Waals surface area contributed by atoms with Gasteiger partial charge in [0.2, 0.25) is 5.91 Å². The maximum absolute atomic E-state index is 14.7. The van der Waals surface area contributed by atoms with Crippen molar-refractivity contribution in [3.05, 3.63) is 28.3 Å². The van der Waals surface area contributed by atoms with E-state index in [0.29, 0.717) is 17.5 Å². The number of aromatic hydroxyl groups is 1. The number of phenolic OH excluding ortho intramolecular Hbond substituents is 1. The number of benzene rings is 1. The molecule has 0 spiro atoms. The Morgan fingerprint density at radius 2 is 1.70 bits per heavy atom. The molecule has 0 aromatic heterocycles. The number of carbonyl (C=O) groups excluding carboxylic acids is 5. The van der Waals surface area contributed by atoms with E-state index in [0.717, 1.165) is 5.56 Å². The van der Waals surface area contributed by atoms with Crippen molar-refractivity contribution in [2.24, 2.45) is 28.7 Å². The Kier molecular flexibility index (Phi) is 7.38. The van der Waals surface area contributed by atoms with E-state index in [1.807, 2.05) is 39.8 Å². The average molecular weight is 594 g/mol. The zero-order valence-corrected chi connectivity index (χ0v) is 26.5. The van der Waals surface area contributed by atoms with Gasteiger partial charge in [-0.15, -0.1) is 0 Å². The van der Waals surface area contributed by atoms with Crippen molar-refractivity contribution in [2.75, 3.05) is 14.1 Å². The molecule has 1 aromatic rings. The standard InChI is InChI=1S/C32H43N5O6/c1-10-15-11-17(28(2,3)4)21(38)18-16(15)12-30(34)13-32(35)24(37(8)9)23(40)19(27(43)36-29(5,6)7)25(41)31(32,14-33)26(42)20(30)22(18)39/h11,19-20,24,38H,10,12-13,34-35H2,1-9H3,(H,36,43)/t19?,20?,24-,30-,31+,32-/m1/s1. The van der Waals surface area contributed by atoms with Gasteiger partial charge in [0.15, 0.2) is 34.5 Å². The van der Waals surface area contributed by atoms with Gasteiger partial charge in [0.1, 0.15) is 11.7 Å². The monoisotopic (exact) mass is 593 g/mol. The summed E-state index contributed by atoms with van der Waals surface area (Å²) in [7, 11) is 3.02. The summed E-state index contributed by atoms with van der Waals surface area (Å²) in [6.45, 7) is 12.5. The number of rotatable bonds is 3. The van der Waals surface area contributed by atoms with Gasteiger partial charge in [0, 0.05) is 16.6 Å². The van der Waals surface area contributed by atoms with Crippen LogP contribution in [0.5, 0.6) is 5.75 Å². The van der Waals surface area contributed by atoms with Crippen molar-refractivity contribution in [3.63, 3.8) is 0 Å². The lowest BCUT2D eigenvalue weighted by molar-refractivity contribution is -0.166. The molecule has 2 saturated carbocycles. The maximum atomic E-state index is 14.7. The Hall–Kier alpha value is -3.46. The summed E-state index contributed by atoms with van der Waals surface area (Å²) in [6.07, 6.45) is 0.0437. The van der Waals surface area contributed by atoms with Gasteiger partial charge in [-0.2, -0.15) is 5.26 Å². The van der Waals surface area contributed by atoms with E-state index in [4.69, 9.17) is 11.5 Å². The minimum atomic E-state index is -2.73. The number of fused-ring (bicyclic) bond motifs is 3. The largest absolute Gasteiger partial charge is 0.507 e. The second-order valence-corrected chi connectivity index (χ2v) is 14.8. The Labute approximate surface area is 252 Å². The Balaban J connectivity index is 2.02. The normalized spacial score (nSPS) is 32.6. The lowest BCUT2D eigenvalue weighted by atomic mass is 9.42. The summed E-state index contributed by atoms with van der Waals surface area (Å²) in [4.78, 5) is 72.1. The molecule has 6 atom stereocenters. The number of nitrogens with one attached hydrogen (secondary N) is 1. The fourth-order valence-electron chi connectivity index (χ4n) is 7.66. The fourth-order valence-corrected chi connectivity index (χ4v) is 7.66. The summed E-state index contributed by atoms with van der Waals surface area (Å²) < 4.78 is 0. The van der Waals surface area contributed by atoms with E-state index >= 15 is 0 Å². The van der Waals surface area contributed by atoms with E-state index in [2.05, 4.69) is 5.32 Å². The van der Waals surface area contributed by atoms with Crippen molar-refractivity contribution in [3.8, 4) is 11.8 Å². The highest BCUT2D eigenvalue weighted by atomic mass is 16.3. The molecule has 0 saturated heterocycles. The van der Waals surface area contributed by atoms with Crippen molar-refractivity contribution in [1.82, 2.24) is 10.2 Å². The number of phenols is 1. The van der Waals surface area contributed by atoms with Crippen LogP contribution in [0.3, 0.4) is 0 Å². The summed E-state index contributed by atoms with van der Waals surface area (Å²) in [6, 6.07) is 2.24. The first-order chi connectivity index (χ1) is 19.5. The number of aryl methyl sites for hydroxylation is 1. The van der Waals surface area contributed by atoms with Gasteiger partial charge in [0.25, 0.3) is 0 Å². The molecule has 232 valence electrons. The van der Waals surface area contributed by atoms with Gasteiger partial charge >= 0.3 is 0 Å². The molecule has 2 fully saturated rings. The molecule has 11 heteroatoms. The number of carbonyl (C=O) groups is 5. The predicted molar refractivity (Wildman–Crippen MR) is 158 cm³/mol.